The minimum atomic E-state index is -4.25. The number of hydrogen-bond acceptors (Lipinski definition) is 5. The standard InChI is InChI=1S/C27H29Cl2N3O5S/c1-18-11-13-22(14-12-18)38(35,36)32(24-10-6-9-23(28)26(24)29)17-25(33)31(19(2)27(34)30-3)16-20-7-5-8-21(15-20)37-4/h5-15,19H,16-17H2,1-4H3,(H,30,34). The zero-order valence-electron chi connectivity index (χ0n) is 21.4. The predicted octanol–water partition coefficient (Wildman–Crippen LogP) is 4.67. The van der Waals surface area contributed by atoms with Gasteiger partial charge in [0.1, 0.15) is 18.3 Å². The Bertz CT molecular complexity index is 1410. The van der Waals surface area contributed by atoms with E-state index in [1.807, 2.05) is 6.92 Å². The Hall–Kier alpha value is -3.27. The lowest BCUT2D eigenvalue weighted by atomic mass is 10.1. The number of hydrogen-bond donors (Lipinski definition) is 1. The number of sulfonamides is 1. The van der Waals surface area contributed by atoms with E-state index in [0.29, 0.717) is 11.3 Å². The first-order chi connectivity index (χ1) is 18.0. The van der Waals surface area contributed by atoms with Crippen LogP contribution in [0.15, 0.2) is 71.6 Å². The van der Waals surface area contributed by atoms with Crippen molar-refractivity contribution in [3.8, 4) is 5.75 Å². The van der Waals surface area contributed by atoms with Crippen LogP contribution < -0.4 is 14.4 Å². The van der Waals surface area contributed by atoms with Crippen LogP contribution in [0.2, 0.25) is 10.0 Å². The number of halogens is 2. The molecule has 0 spiro atoms. The lowest BCUT2D eigenvalue weighted by molar-refractivity contribution is -0.139. The molecule has 0 aliphatic rings. The Morgan fingerprint density at radius 3 is 2.32 bits per heavy atom. The second-order valence-corrected chi connectivity index (χ2v) is 11.2. The van der Waals surface area contributed by atoms with E-state index in [9.17, 15) is 18.0 Å². The van der Waals surface area contributed by atoms with Gasteiger partial charge in [0.15, 0.2) is 0 Å². The van der Waals surface area contributed by atoms with Gasteiger partial charge in [-0.15, -0.1) is 0 Å². The first-order valence-electron chi connectivity index (χ1n) is 11.7. The molecular formula is C27H29Cl2N3O5S. The number of nitrogens with zero attached hydrogens (tertiary/aromatic N) is 2. The van der Waals surface area contributed by atoms with Gasteiger partial charge in [-0.25, -0.2) is 8.42 Å². The van der Waals surface area contributed by atoms with Crippen LogP contribution in [0.1, 0.15) is 18.1 Å². The third-order valence-corrected chi connectivity index (χ3v) is 8.57. The summed E-state index contributed by atoms with van der Waals surface area (Å²) in [5, 5.41) is 2.66. The maximum atomic E-state index is 13.8. The number of ether oxygens (including phenoxy) is 1. The SMILES string of the molecule is CNC(=O)C(C)N(Cc1cccc(OC)c1)C(=O)CN(c1cccc(Cl)c1Cl)S(=O)(=O)c1ccc(C)cc1. The Labute approximate surface area is 233 Å². The van der Waals surface area contributed by atoms with Gasteiger partial charge >= 0.3 is 0 Å². The number of carbonyl (C=O) groups is 2. The summed E-state index contributed by atoms with van der Waals surface area (Å²) in [7, 11) is -1.26. The summed E-state index contributed by atoms with van der Waals surface area (Å²) >= 11 is 12.6. The Morgan fingerprint density at radius 1 is 1.03 bits per heavy atom. The van der Waals surface area contributed by atoms with E-state index in [0.717, 1.165) is 9.87 Å². The van der Waals surface area contributed by atoms with Gasteiger partial charge in [-0.3, -0.25) is 13.9 Å². The highest BCUT2D eigenvalue weighted by Gasteiger charge is 2.33. The van der Waals surface area contributed by atoms with Crippen molar-refractivity contribution in [2.75, 3.05) is 25.0 Å². The van der Waals surface area contributed by atoms with Gasteiger partial charge < -0.3 is 15.0 Å². The van der Waals surface area contributed by atoms with Gasteiger partial charge in [0.25, 0.3) is 10.0 Å². The van der Waals surface area contributed by atoms with Crippen molar-refractivity contribution in [2.24, 2.45) is 0 Å². The van der Waals surface area contributed by atoms with Crippen LogP contribution in [0, 0.1) is 6.92 Å². The number of nitrogens with one attached hydrogen (secondary N) is 1. The molecule has 1 atom stereocenters. The molecule has 0 bridgehead atoms. The van der Waals surface area contributed by atoms with E-state index >= 15 is 0 Å². The van der Waals surface area contributed by atoms with E-state index in [1.165, 1.54) is 43.3 Å². The molecule has 1 N–H and O–H groups in total. The number of amides is 2. The molecule has 0 heterocycles. The second kappa shape index (κ2) is 12.5. The van der Waals surface area contributed by atoms with Crippen molar-refractivity contribution < 1.29 is 22.7 Å². The molecule has 0 saturated heterocycles. The topological polar surface area (TPSA) is 96.0 Å². The average Bonchev–Trinajstić information content (AvgIpc) is 2.91. The largest absolute Gasteiger partial charge is 0.497 e. The number of benzene rings is 3. The third kappa shape index (κ3) is 6.59. The quantitative estimate of drug-likeness (QED) is 0.378. The first kappa shape index (κ1) is 29.3. The fourth-order valence-corrected chi connectivity index (χ4v) is 5.67. The van der Waals surface area contributed by atoms with Crippen LogP contribution in [-0.4, -0.2) is 51.9 Å². The third-order valence-electron chi connectivity index (χ3n) is 5.99. The fraction of sp³-hybridized carbons (Fsp3) is 0.259. The van der Waals surface area contributed by atoms with E-state index in [4.69, 9.17) is 27.9 Å². The molecule has 3 rings (SSSR count). The molecule has 38 heavy (non-hydrogen) atoms. The Morgan fingerprint density at radius 2 is 1.68 bits per heavy atom. The van der Waals surface area contributed by atoms with Crippen molar-refractivity contribution in [3.05, 3.63) is 87.9 Å². The van der Waals surface area contributed by atoms with Crippen LogP contribution in [0.3, 0.4) is 0 Å². The van der Waals surface area contributed by atoms with E-state index in [-0.39, 0.29) is 27.2 Å². The summed E-state index contributed by atoms with van der Waals surface area (Å²) in [4.78, 5) is 27.7. The zero-order chi connectivity index (χ0) is 28.0. The molecule has 8 nitrogen and oxygen atoms in total. The molecule has 3 aromatic carbocycles. The lowest BCUT2D eigenvalue weighted by Crippen LogP contribution is -2.50. The molecule has 3 aromatic rings. The van der Waals surface area contributed by atoms with E-state index < -0.39 is 34.4 Å². The zero-order valence-corrected chi connectivity index (χ0v) is 23.8. The summed E-state index contributed by atoms with van der Waals surface area (Å²) in [5.41, 5.74) is 1.61. The van der Waals surface area contributed by atoms with Gasteiger partial charge in [0.05, 0.1) is 27.7 Å². The summed E-state index contributed by atoms with van der Waals surface area (Å²) in [6, 6.07) is 16.9. The molecule has 0 aromatic heterocycles. The highest BCUT2D eigenvalue weighted by atomic mass is 35.5. The monoisotopic (exact) mass is 577 g/mol. The number of methoxy groups -OCH3 is 1. The number of likely N-dealkylation sites (N-methyl/N-ethyl adjacent to an activating group) is 1. The number of aryl methyl sites for hydroxylation is 1. The molecule has 0 aliphatic heterocycles. The summed E-state index contributed by atoms with van der Waals surface area (Å²) in [6.45, 7) is 2.82. The molecule has 1 unspecified atom stereocenters. The maximum Gasteiger partial charge on any atom is 0.264 e. The minimum Gasteiger partial charge on any atom is -0.497 e. The van der Waals surface area contributed by atoms with Crippen molar-refractivity contribution in [1.82, 2.24) is 10.2 Å². The molecule has 0 saturated carbocycles. The molecule has 0 fully saturated rings. The van der Waals surface area contributed by atoms with Gasteiger partial charge in [-0.05, 0) is 55.8 Å². The number of carbonyl (C=O) groups excluding carboxylic acids is 2. The molecule has 11 heteroatoms. The van der Waals surface area contributed by atoms with Crippen LogP contribution in [0.25, 0.3) is 0 Å². The Kier molecular flexibility index (Phi) is 9.65. The van der Waals surface area contributed by atoms with Crippen molar-refractivity contribution >= 4 is 50.7 Å². The average molecular weight is 579 g/mol. The first-order valence-corrected chi connectivity index (χ1v) is 13.9. The van der Waals surface area contributed by atoms with Gasteiger partial charge in [0.2, 0.25) is 11.8 Å². The van der Waals surface area contributed by atoms with E-state index in [1.54, 1.807) is 49.4 Å². The van der Waals surface area contributed by atoms with Crippen molar-refractivity contribution in [1.29, 1.82) is 0 Å². The maximum absolute atomic E-state index is 13.8. The van der Waals surface area contributed by atoms with E-state index in [2.05, 4.69) is 5.32 Å². The molecular weight excluding hydrogens is 549 g/mol. The smallest absolute Gasteiger partial charge is 0.264 e. The van der Waals surface area contributed by atoms with Gasteiger partial charge in [-0.2, -0.15) is 0 Å². The Balaban J connectivity index is 2.08. The molecule has 2 amide bonds. The van der Waals surface area contributed by atoms with Crippen LogP contribution in [0.4, 0.5) is 5.69 Å². The number of rotatable bonds is 10. The van der Waals surface area contributed by atoms with Crippen LogP contribution in [0.5, 0.6) is 5.75 Å². The molecule has 0 radical (unpaired) electrons. The molecule has 0 aliphatic carbocycles. The molecule has 202 valence electrons. The predicted molar refractivity (Wildman–Crippen MR) is 149 cm³/mol. The lowest BCUT2D eigenvalue weighted by Gasteiger charge is -2.32. The summed E-state index contributed by atoms with van der Waals surface area (Å²) in [5.74, 6) is -0.442. The minimum absolute atomic E-state index is 0.0173. The highest BCUT2D eigenvalue weighted by Crippen LogP contribution is 2.35. The number of anilines is 1. The normalized spacial score (nSPS) is 11.9. The van der Waals surface area contributed by atoms with Crippen molar-refractivity contribution in [3.63, 3.8) is 0 Å². The highest BCUT2D eigenvalue weighted by molar-refractivity contribution is 7.92. The van der Waals surface area contributed by atoms with Gasteiger partial charge in [0, 0.05) is 13.6 Å². The van der Waals surface area contributed by atoms with Gasteiger partial charge in [-0.1, -0.05) is 59.1 Å². The summed E-state index contributed by atoms with van der Waals surface area (Å²) in [6.07, 6.45) is 0. The second-order valence-electron chi connectivity index (χ2n) is 8.56. The van der Waals surface area contributed by atoms with Crippen molar-refractivity contribution in [2.45, 2.75) is 31.3 Å². The van der Waals surface area contributed by atoms with Crippen LogP contribution >= 0.6 is 23.2 Å². The fourth-order valence-electron chi connectivity index (χ4n) is 3.79. The summed E-state index contributed by atoms with van der Waals surface area (Å²) < 4.78 is 33.8. The van der Waals surface area contributed by atoms with Crippen LogP contribution in [-0.2, 0) is 26.2 Å².